The molecule has 0 saturated heterocycles. The molecule has 2 fully saturated rings. The molecule has 1 N–H and O–H groups in total. The minimum absolute atomic E-state index is 0.595. The van der Waals surface area contributed by atoms with Crippen molar-refractivity contribution in [3.8, 4) is 0 Å². The molecule has 0 aliphatic heterocycles. The first kappa shape index (κ1) is 13.0. The SMILES string of the molecule is C/C=C/c1cnc(SC)nc1NC1CCCC12CC2. The predicted molar refractivity (Wildman–Crippen MR) is 81.4 cm³/mol. The summed E-state index contributed by atoms with van der Waals surface area (Å²) in [5.74, 6) is 1.01. The second-order valence-electron chi connectivity index (χ2n) is 5.61. The average Bonchev–Trinajstić information content (AvgIpc) is 3.10. The molecule has 0 bridgehead atoms. The summed E-state index contributed by atoms with van der Waals surface area (Å²) in [5, 5.41) is 4.55. The van der Waals surface area contributed by atoms with Crippen LogP contribution in [0.15, 0.2) is 17.4 Å². The van der Waals surface area contributed by atoms with Gasteiger partial charge in [-0.3, -0.25) is 0 Å². The maximum absolute atomic E-state index is 4.66. The second-order valence-corrected chi connectivity index (χ2v) is 6.39. The van der Waals surface area contributed by atoms with Crippen molar-refractivity contribution in [2.24, 2.45) is 5.41 Å². The minimum Gasteiger partial charge on any atom is -0.366 e. The molecule has 0 aromatic carbocycles. The Labute approximate surface area is 119 Å². The highest BCUT2D eigenvalue weighted by Crippen LogP contribution is 2.58. The molecular formula is C15H21N3S. The Hall–Kier alpha value is -1.03. The summed E-state index contributed by atoms with van der Waals surface area (Å²) in [6.45, 7) is 2.03. The standard InChI is InChI=1S/C15H21N3S/c1-3-5-11-10-16-14(19-2)18-13(11)17-12-6-4-7-15(12)8-9-15/h3,5,10,12H,4,6-9H2,1-2H3,(H,16,17,18)/b5-3+. The van der Waals surface area contributed by atoms with Gasteiger partial charge in [0.2, 0.25) is 0 Å². The van der Waals surface area contributed by atoms with E-state index < -0.39 is 0 Å². The van der Waals surface area contributed by atoms with E-state index in [1.165, 1.54) is 32.1 Å². The molecule has 2 aliphatic carbocycles. The van der Waals surface area contributed by atoms with Crippen molar-refractivity contribution in [1.82, 2.24) is 9.97 Å². The van der Waals surface area contributed by atoms with Crippen molar-refractivity contribution in [3.05, 3.63) is 17.8 Å². The molecule has 2 saturated carbocycles. The summed E-state index contributed by atoms with van der Waals surface area (Å²) < 4.78 is 0. The van der Waals surface area contributed by atoms with Crippen LogP contribution in [0.1, 0.15) is 44.6 Å². The van der Waals surface area contributed by atoms with Gasteiger partial charge in [-0.05, 0) is 44.3 Å². The summed E-state index contributed by atoms with van der Waals surface area (Å²) in [7, 11) is 0. The van der Waals surface area contributed by atoms with Gasteiger partial charge in [-0.15, -0.1) is 0 Å². The summed E-state index contributed by atoms with van der Waals surface area (Å²) >= 11 is 1.60. The van der Waals surface area contributed by atoms with Crippen LogP contribution in [0.25, 0.3) is 6.08 Å². The number of hydrogen-bond donors (Lipinski definition) is 1. The summed E-state index contributed by atoms with van der Waals surface area (Å²) in [6.07, 6.45) is 14.9. The van der Waals surface area contributed by atoms with Crippen LogP contribution in [-0.2, 0) is 0 Å². The molecule has 1 spiro atoms. The van der Waals surface area contributed by atoms with E-state index in [1.54, 1.807) is 11.8 Å². The van der Waals surface area contributed by atoms with E-state index in [-0.39, 0.29) is 0 Å². The maximum Gasteiger partial charge on any atom is 0.189 e. The highest BCUT2D eigenvalue weighted by atomic mass is 32.2. The first-order valence-electron chi connectivity index (χ1n) is 7.08. The molecule has 0 radical (unpaired) electrons. The average molecular weight is 275 g/mol. The van der Waals surface area contributed by atoms with Gasteiger partial charge < -0.3 is 5.32 Å². The van der Waals surface area contributed by atoms with Gasteiger partial charge in [0.1, 0.15) is 5.82 Å². The van der Waals surface area contributed by atoms with Crippen molar-refractivity contribution < 1.29 is 0 Å². The van der Waals surface area contributed by atoms with E-state index in [0.717, 1.165) is 16.5 Å². The third-order valence-corrected chi connectivity index (χ3v) is 5.00. The molecule has 2 aliphatic rings. The third-order valence-electron chi connectivity index (χ3n) is 4.43. The van der Waals surface area contributed by atoms with Gasteiger partial charge in [0, 0.05) is 17.8 Å². The monoisotopic (exact) mass is 275 g/mol. The van der Waals surface area contributed by atoms with Crippen molar-refractivity contribution in [1.29, 1.82) is 0 Å². The van der Waals surface area contributed by atoms with E-state index in [4.69, 9.17) is 0 Å². The fourth-order valence-electron chi connectivity index (χ4n) is 3.18. The van der Waals surface area contributed by atoms with Crippen molar-refractivity contribution in [2.75, 3.05) is 11.6 Å². The highest BCUT2D eigenvalue weighted by Gasteiger charge is 2.52. The van der Waals surface area contributed by atoms with Crippen LogP contribution in [0, 0.1) is 5.41 Å². The van der Waals surface area contributed by atoms with Crippen LogP contribution in [0.3, 0.4) is 0 Å². The van der Waals surface area contributed by atoms with E-state index in [2.05, 4.69) is 21.4 Å². The lowest BCUT2D eigenvalue weighted by Crippen LogP contribution is -2.26. The Kier molecular flexibility index (Phi) is 3.52. The summed E-state index contributed by atoms with van der Waals surface area (Å²) in [6, 6.07) is 0.612. The van der Waals surface area contributed by atoms with Crippen LogP contribution in [0.4, 0.5) is 5.82 Å². The number of aromatic nitrogens is 2. The fraction of sp³-hybridized carbons (Fsp3) is 0.600. The quantitative estimate of drug-likeness (QED) is 0.666. The number of thioether (sulfide) groups is 1. The number of allylic oxidation sites excluding steroid dienone is 1. The molecule has 1 heterocycles. The van der Waals surface area contributed by atoms with E-state index in [0.29, 0.717) is 11.5 Å². The summed E-state index contributed by atoms with van der Waals surface area (Å²) in [4.78, 5) is 9.02. The molecule has 3 nitrogen and oxygen atoms in total. The molecular weight excluding hydrogens is 254 g/mol. The summed E-state index contributed by atoms with van der Waals surface area (Å²) in [5.41, 5.74) is 1.69. The van der Waals surface area contributed by atoms with Crippen molar-refractivity contribution >= 4 is 23.7 Å². The molecule has 1 atom stereocenters. The zero-order chi connectivity index (χ0) is 13.3. The Morgan fingerprint density at radius 1 is 1.42 bits per heavy atom. The normalized spacial score (nSPS) is 24.2. The lowest BCUT2D eigenvalue weighted by Gasteiger charge is -2.21. The van der Waals surface area contributed by atoms with Crippen LogP contribution in [0.2, 0.25) is 0 Å². The first-order chi connectivity index (χ1) is 9.27. The molecule has 1 unspecified atom stereocenters. The molecule has 3 rings (SSSR count). The van der Waals surface area contributed by atoms with Crippen LogP contribution >= 0.6 is 11.8 Å². The lowest BCUT2D eigenvalue weighted by atomic mass is 10.0. The zero-order valence-corrected chi connectivity index (χ0v) is 12.5. The molecule has 1 aromatic heterocycles. The van der Waals surface area contributed by atoms with E-state index in [9.17, 15) is 0 Å². The van der Waals surface area contributed by atoms with Gasteiger partial charge in [0.05, 0.1) is 0 Å². The third kappa shape index (κ3) is 2.50. The van der Waals surface area contributed by atoms with Gasteiger partial charge in [0.15, 0.2) is 5.16 Å². The first-order valence-corrected chi connectivity index (χ1v) is 8.30. The number of nitrogens with one attached hydrogen (secondary N) is 1. The van der Waals surface area contributed by atoms with Crippen LogP contribution < -0.4 is 5.32 Å². The fourth-order valence-corrected chi connectivity index (χ4v) is 3.52. The predicted octanol–water partition coefficient (Wildman–Crippen LogP) is 3.98. The molecule has 19 heavy (non-hydrogen) atoms. The number of anilines is 1. The van der Waals surface area contributed by atoms with Crippen LogP contribution in [0.5, 0.6) is 0 Å². The van der Waals surface area contributed by atoms with Gasteiger partial charge in [-0.1, -0.05) is 30.3 Å². The lowest BCUT2D eigenvalue weighted by molar-refractivity contribution is 0.485. The Bertz CT molecular complexity index is 494. The minimum atomic E-state index is 0.595. The largest absolute Gasteiger partial charge is 0.366 e. The van der Waals surface area contributed by atoms with E-state index >= 15 is 0 Å². The molecule has 0 amide bonds. The van der Waals surface area contributed by atoms with Gasteiger partial charge in [0.25, 0.3) is 0 Å². The molecule has 4 heteroatoms. The highest BCUT2D eigenvalue weighted by molar-refractivity contribution is 7.98. The van der Waals surface area contributed by atoms with Gasteiger partial charge >= 0.3 is 0 Å². The number of rotatable bonds is 4. The Morgan fingerprint density at radius 2 is 2.26 bits per heavy atom. The second kappa shape index (κ2) is 5.16. The van der Waals surface area contributed by atoms with Crippen molar-refractivity contribution in [2.45, 2.75) is 50.2 Å². The van der Waals surface area contributed by atoms with Crippen molar-refractivity contribution in [3.63, 3.8) is 0 Å². The molecule has 102 valence electrons. The smallest absolute Gasteiger partial charge is 0.189 e. The van der Waals surface area contributed by atoms with Gasteiger partial charge in [-0.2, -0.15) is 0 Å². The number of nitrogens with zero attached hydrogens (tertiary/aromatic N) is 2. The zero-order valence-electron chi connectivity index (χ0n) is 11.6. The molecule has 1 aromatic rings. The number of hydrogen-bond acceptors (Lipinski definition) is 4. The van der Waals surface area contributed by atoms with E-state index in [1.807, 2.05) is 25.5 Å². The van der Waals surface area contributed by atoms with Gasteiger partial charge in [-0.25, -0.2) is 9.97 Å². The Balaban J connectivity index is 1.85. The topological polar surface area (TPSA) is 37.8 Å². The van der Waals surface area contributed by atoms with Crippen LogP contribution in [-0.4, -0.2) is 22.3 Å². The maximum atomic E-state index is 4.66. The Morgan fingerprint density at radius 3 is 2.95 bits per heavy atom.